The molecule has 164 valence electrons. The number of para-hydroxylation sites is 1. The van der Waals surface area contributed by atoms with Gasteiger partial charge < -0.3 is 9.15 Å². The lowest BCUT2D eigenvalue weighted by Crippen LogP contribution is -2.41. The van der Waals surface area contributed by atoms with Crippen LogP contribution in [0.2, 0.25) is 0 Å². The molecule has 32 heavy (non-hydrogen) atoms. The summed E-state index contributed by atoms with van der Waals surface area (Å²) >= 11 is 0. The van der Waals surface area contributed by atoms with Crippen LogP contribution in [-0.4, -0.2) is 31.9 Å². The van der Waals surface area contributed by atoms with E-state index in [2.05, 4.69) is 0 Å². The fourth-order valence-corrected chi connectivity index (χ4v) is 5.53. The maximum Gasteiger partial charge on any atom is 0.245 e. The number of fused-ring (bicyclic) bond motifs is 1. The van der Waals surface area contributed by atoms with Crippen LogP contribution in [0, 0.1) is 5.82 Å². The van der Waals surface area contributed by atoms with Crippen LogP contribution in [0.25, 0.3) is 22.3 Å². The van der Waals surface area contributed by atoms with Crippen LogP contribution in [0.4, 0.5) is 4.39 Å². The Morgan fingerprint density at radius 3 is 2.31 bits per heavy atom. The first-order valence-corrected chi connectivity index (χ1v) is 11.9. The highest BCUT2D eigenvalue weighted by Gasteiger charge is 2.31. The van der Waals surface area contributed by atoms with Crippen LogP contribution >= 0.6 is 0 Å². The molecule has 0 unspecified atom stereocenters. The van der Waals surface area contributed by atoms with Gasteiger partial charge in [-0.1, -0.05) is 30.3 Å². The number of hydrogen-bond acceptors (Lipinski definition) is 4. The van der Waals surface area contributed by atoms with Crippen molar-refractivity contribution >= 4 is 21.0 Å². The van der Waals surface area contributed by atoms with E-state index in [9.17, 15) is 12.8 Å². The topological polar surface area (TPSA) is 59.8 Å². The molecular weight excluding hydrogens is 429 g/mol. The molecule has 7 heteroatoms. The van der Waals surface area contributed by atoms with Crippen molar-refractivity contribution in [2.45, 2.75) is 23.8 Å². The summed E-state index contributed by atoms with van der Waals surface area (Å²) in [7, 11) is -3.84. The van der Waals surface area contributed by atoms with Gasteiger partial charge in [0.05, 0.1) is 0 Å². The maximum atomic E-state index is 14.0. The second-order valence-corrected chi connectivity index (χ2v) is 9.73. The minimum atomic E-state index is -3.84. The molecule has 1 aromatic heterocycles. The van der Waals surface area contributed by atoms with Gasteiger partial charge >= 0.3 is 0 Å². The standard InChI is InChI=1S/C25H22FNO4S/c26-22-6-2-4-8-25(22)32(28,29)27-15-13-21(14-16-27)30-20-11-9-18(10-12-20)24-17-19-5-1-3-7-23(19)31-24/h1-12,17,21H,13-16H2. The van der Waals surface area contributed by atoms with Crippen LogP contribution in [0.1, 0.15) is 12.8 Å². The molecule has 0 amide bonds. The summed E-state index contributed by atoms with van der Waals surface area (Å²) in [6.45, 7) is 0.580. The first kappa shape index (κ1) is 20.7. The molecule has 0 atom stereocenters. The van der Waals surface area contributed by atoms with Gasteiger partial charge in [0.2, 0.25) is 10.0 Å². The van der Waals surface area contributed by atoms with Crippen LogP contribution in [0.15, 0.2) is 88.2 Å². The highest BCUT2D eigenvalue weighted by atomic mass is 32.2. The first-order chi connectivity index (χ1) is 15.5. The molecule has 5 rings (SSSR count). The SMILES string of the molecule is O=S(=O)(c1ccccc1F)N1CCC(Oc2ccc(-c3cc4ccccc4o3)cc2)CC1. The average molecular weight is 452 g/mol. The van der Waals surface area contributed by atoms with Crippen LogP contribution < -0.4 is 4.74 Å². The molecule has 0 radical (unpaired) electrons. The van der Waals surface area contributed by atoms with Crippen molar-refractivity contribution in [3.8, 4) is 17.1 Å². The number of piperidine rings is 1. The van der Waals surface area contributed by atoms with Crippen LogP contribution in [0.3, 0.4) is 0 Å². The van der Waals surface area contributed by atoms with Crippen molar-refractivity contribution in [2.24, 2.45) is 0 Å². The van der Waals surface area contributed by atoms with E-state index in [0.717, 1.165) is 34.1 Å². The molecule has 0 aliphatic carbocycles. The van der Waals surface area contributed by atoms with E-state index in [-0.39, 0.29) is 11.0 Å². The fraction of sp³-hybridized carbons (Fsp3) is 0.200. The second kappa shape index (κ2) is 8.41. The molecule has 0 N–H and O–H groups in total. The fourth-order valence-electron chi connectivity index (χ4n) is 4.00. The Kier molecular flexibility index (Phi) is 5.45. The van der Waals surface area contributed by atoms with Gasteiger partial charge in [0, 0.05) is 24.0 Å². The minimum absolute atomic E-state index is 0.0980. The third kappa shape index (κ3) is 4.01. The van der Waals surface area contributed by atoms with E-state index in [1.54, 1.807) is 0 Å². The number of furan rings is 1. The van der Waals surface area contributed by atoms with E-state index in [1.807, 2.05) is 54.6 Å². The van der Waals surface area contributed by atoms with E-state index >= 15 is 0 Å². The Hall–Kier alpha value is -3.16. The third-order valence-electron chi connectivity index (χ3n) is 5.72. The molecule has 1 aliphatic heterocycles. The van der Waals surface area contributed by atoms with Crippen molar-refractivity contribution in [3.63, 3.8) is 0 Å². The van der Waals surface area contributed by atoms with Crippen molar-refractivity contribution in [3.05, 3.63) is 84.7 Å². The molecule has 0 saturated carbocycles. The lowest BCUT2D eigenvalue weighted by molar-refractivity contribution is 0.135. The van der Waals surface area contributed by atoms with Crippen molar-refractivity contribution in [1.29, 1.82) is 0 Å². The van der Waals surface area contributed by atoms with E-state index < -0.39 is 15.8 Å². The van der Waals surface area contributed by atoms with Gasteiger partial charge in [0.1, 0.15) is 33.9 Å². The Balaban J connectivity index is 1.22. The number of hydrogen-bond donors (Lipinski definition) is 0. The molecule has 1 aliphatic rings. The number of halogens is 1. The second-order valence-electron chi connectivity index (χ2n) is 7.82. The zero-order valence-electron chi connectivity index (χ0n) is 17.3. The predicted molar refractivity (Wildman–Crippen MR) is 120 cm³/mol. The number of rotatable bonds is 5. The van der Waals surface area contributed by atoms with Crippen LogP contribution in [0.5, 0.6) is 5.75 Å². The van der Waals surface area contributed by atoms with Crippen LogP contribution in [-0.2, 0) is 10.0 Å². The molecule has 5 nitrogen and oxygen atoms in total. The zero-order chi connectivity index (χ0) is 22.1. The Morgan fingerprint density at radius 2 is 1.59 bits per heavy atom. The Morgan fingerprint density at radius 1 is 0.906 bits per heavy atom. The van der Waals surface area contributed by atoms with E-state index in [0.29, 0.717) is 25.9 Å². The van der Waals surface area contributed by atoms with Crippen molar-refractivity contribution < 1.29 is 22.0 Å². The molecule has 0 spiro atoms. The lowest BCUT2D eigenvalue weighted by Gasteiger charge is -2.31. The predicted octanol–water partition coefficient (Wildman–Crippen LogP) is 5.47. The third-order valence-corrected chi connectivity index (χ3v) is 7.65. The van der Waals surface area contributed by atoms with Crippen molar-refractivity contribution in [1.82, 2.24) is 4.31 Å². The molecule has 1 saturated heterocycles. The number of ether oxygens (including phenoxy) is 1. The van der Waals surface area contributed by atoms with Gasteiger partial charge in [0.25, 0.3) is 0 Å². The van der Waals surface area contributed by atoms with Gasteiger partial charge in [-0.05, 0) is 61.4 Å². The van der Waals surface area contributed by atoms with E-state index in [1.165, 1.54) is 22.5 Å². The van der Waals surface area contributed by atoms with Crippen molar-refractivity contribution in [2.75, 3.05) is 13.1 Å². The summed E-state index contributed by atoms with van der Waals surface area (Å²) in [5.74, 6) is 0.792. The molecule has 0 bridgehead atoms. The highest BCUT2D eigenvalue weighted by Crippen LogP contribution is 2.30. The number of benzene rings is 3. The molecule has 3 aromatic carbocycles. The molecular formula is C25H22FNO4S. The lowest BCUT2D eigenvalue weighted by atomic mass is 10.1. The van der Waals surface area contributed by atoms with Gasteiger partial charge in [-0.2, -0.15) is 4.31 Å². The summed E-state index contributed by atoms with van der Waals surface area (Å²) < 4.78 is 52.8. The largest absolute Gasteiger partial charge is 0.490 e. The average Bonchev–Trinajstić information content (AvgIpc) is 3.24. The minimum Gasteiger partial charge on any atom is -0.490 e. The Bertz CT molecular complexity index is 1310. The smallest absolute Gasteiger partial charge is 0.245 e. The quantitative estimate of drug-likeness (QED) is 0.404. The zero-order valence-corrected chi connectivity index (χ0v) is 18.1. The summed E-state index contributed by atoms with van der Waals surface area (Å²) in [4.78, 5) is -0.277. The van der Waals surface area contributed by atoms with E-state index in [4.69, 9.17) is 9.15 Å². The van der Waals surface area contributed by atoms with Gasteiger partial charge in [-0.25, -0.2) is 12.8 Å². The Labute approximate surface area is 186 Å². The molecule has 2 heterocycles. The monoisotopic (exact) mass is 451 g/mol. The maximum absolute atomic E-state index is 14.0. The number of nitrogens with zero attached hydrogens (tertiary/aromatic N) is 1. The molecule has 1 fully saturated rings. The molecule has 4 aromatic rings. The summed E-state index contributed by atoms with van der Waals surface area (Å²) in [5.41, 5.74) is 1.80. The number of sulfonamides is 1. The summed E-state index contributed by atoms with van der Waals surface area (Å²) in [6, 6.07) is 23.0. The first-order valence-electron chi connectivity index (χ1n) is 10.5. The van der Waals surface area contributed by atoms with Gasteiger partial charge in [0.15, 0.2) is 0 Å². The van der Waals surface area contributed by atoms with Gasteiger partial charge in [-0.3, -0.25) is 0 Å². The normalized spacial score (nSPS) is 15.8. The highest BCUT2D eigenvalue weighted by molar-refractivity contribution is 7.89. The summed E-state index contributed by atoms with van der Waals surface area (Å²) in [6.07, 6.45) is 0.983. The van der Waals surface area contributed by atoms with Gasteiger partial charge in [-0.15, -0.1) is 0 Å². The summed E-state index contributed by atoms with van der Waals surface area (Å²) in [5, 5.41) is 1.06.